The smallest absolute Gasteiger partial charge is 0.267 e. The number of benzene rings is 3. The van der Waals surface area contributed by atoms with Gasteiger partial charge in [0.2, 0.25) is 0 Å². The summed E-state index contributed by atoms with van der Waals surface area (Å²) in [6, 6.07) is 20.3. The average molecular weight is 483 g/mol. The van der Waals surface area contributed by atoms with Gasteiger partial charge >= 0.3 is 0 Å². The SMILES string of the molecule is Cc1ccc(S(=O)(=O)NN=Cc2cn(Cc3c(F)cccc3Cl)nc2-c2ccccc2)cc1. The van der Waals surface area contributed by atoms with Gasteiger partial charge in [0.15, 0.2) is 0 Å². The fourth-order valence-electron chi connectivity index (χ4n) is 3.21. The number of aryl methyl sites for hydroxylation is 1. The lowest BCUT2D eigenvalue weighted by Crippen LogP contribution is -2.18. The first-order chi connectivity index (χ1) is 15.8. The molecule has 0 atom stereocenters. The largest absolute Gasteiger partial charge is 0.276 e. The number of sulfonamides is 1. The second-order valence-corrected chi connectivity index (χ2v) is 9.43. The minimum Gasteiger partial charge on any atom is -0.267 e. The van der Waals surface area contributed by atoms with Crippen LogP contribution in [0.3, 0.4) is 0 Å². The summed E-state index contributed by atoms with van der Waals surface area (Å²) in [4.78, 5) is 2.33. The van der Waals surface area contributed by atoms with Crippen LogP contribution in [0.1, 0.15) is 16.7 Å². The van der Waals surface area contributed by atoms with Gasteiger partial charge in [-0.25, -0.2) is 9.22 Å². The molecule has 168 valence electrons. The molecule has 0 amide bonds. The van der Waals surface area contributed by atoms with Crippen molar-refractivity contribution in [3.63, 3.8) is 0 Å². The van der Waals surface area contributed by atoms with E-state index in [0.29, 0.717) is 21.8 Å². The monoisotopic (exact) mass is 482 g/mol. The van der Waals surface area contributed by atoms with Crippen LogP contribution in [0.4, 0.5) is 4.39 Å². The molecular formula is C24H20ClFN4O2S. The normalized spacial score (nSPS) is 11.7. The van der Waals surface area contributed by atoms with E-state index in [1.807, 2.05) is 37.3 Å². The van der Waals surface area contributed by atoms with E-state index in [4.69, 9.17) is 11.6 Å². The molecule has 0 radical (unpaired) electrons. The summed E-state index contributed by atoms with van der Waals surface area (Å²) >= 11 is 6.16. The van der Waals surface area contributed by atoms with Gasteiger partial charge in [0.1, 0.15) is 11.5 Å². The minimum atomic E-state index is -3.82. The Bertz CT molecular complexity index is 1380. The van der Waals surface area contributed by atoms with Gasteiger partial charge in [-0.15, -0.1) is 0 Å². The molecule has 0 bridgehead atoms. The van der Waals surface area contributed by atoms with Gasteiger partial charge in [-0.1, -0.05) is 65.7 Å². The molecule has 0 saturated carbocycles. The number of hydrazone groups is 1. The molecule has 33 heavy (non-hydrogen) atoms. The van der Waals surface area contributed by atoms with Crippen LogP contribution >= 0.6 is 11.6 Å². The van der Waals surface area contributed by atoms with Gasteiger partial charge in [0.05, 0.1) is 17.7 Å². The molecule has 1 heterocycles. The Kier molecular flexibility index (Phi) is 6.57. The molecule has 3 aromatic carbocycles. The second kappa shape index (κ2) is 9.56. The van der Waals surface area contributed by atoms with Crippen LogP contribution in [0.5, 0.6) is 0 Å². The third kappa shape index (κ3) is 5.30. The standard InChI is InChI=1S/C24H20ClFN4O2S/c1-17-10-12-20(13-11-17)33(31,32)29-27-14-19-15-30(16-21-22(25)8-5-9-23(21)26)28-24(19)18-6-3-2-4-7-18/h2-15,29H,16H2,1H3. The van der Waals surface area contributed by atoms with E-state index in [1.54, 1.807) is 29.1 Å². The molecule has 6 nitrogen and oxygen atoms in total. The van der Waals surface area contributed by atoms with Crippen LogP contribution in [0.2, 0.25) is 5.02 Å². The molecule has 1 aromatic heterocycles. The Balaban J connectivity index is 1.64. The molecule has 0 saturated heterocycles. The summed E-state index contributed by atoms with van der Waals surface area (Å²) in [5, 5.41) is 8.80. The highest BCUT2D eigenvalue weighted by Gasteiger charge is 2.15. The first-order valence-corrected chi connectivity index (χ1v) is 11.9. The molecule has 0 fully saturated rings. The maximum absolute atomic E-state index is 14.3. The highest BCUT2D eigenvalue weighted by Crippen LogP contribution is 2.24. The number of hydrogen-bond donors (Lipinski definition) is 1. The van der Waals surface area contributed by atoms with Crippen molar-refractivity contribution >= 4 is 27.8 Å². The van der Waals surface area contributed by atoms with Gasteiger partial charge in [-0.3, -0.25) is 4.68 Å². The van der Waals surface area contributed by atoms with Gasteiger partial charge in [0, 0.05) is 27.9 Å². The van der Waals surface area contributed by atoms with E-state index in [-0.39, 0.29) is 11.4 Å². The van der Waals surface area contributed by atoms with Crippen molar-refractivity contribution < 1.29 is 12.8 Å². The van der Waals surface area contributed by atoms with Crippen molar-refractivity contribution in [1.29, 1.82) is 0 Å². The van der Waals surface area contributed by atoms with Crippen LogP contribution in [0, 0.1) is 12.7 Å². The number of halogens is 2. The maximum Gasteiger partial charge on any atom is 0.276 e. The van der Waals surface area contributed by atoms with E-state index >= 15 is 0 Å². The Morgan fingerprint density at radius 2 is 1.79 bits per heavy atom. The fourth-order valence-corrected chi connectivity index (χ4v) is 4.23. The predicted molar refractivity (Wildman–Crippen MR) is 127 cm³/mol. The topological polar surface area (TPSA) is 76.3 Å². The minimum absolute atomic E-state index is 0.105. The lowest BCUT2D eigenvalue weighted by molar-refractivity contribution is 0.584. The van der Waals surface area contributed by atoms with E-state index in [1.165, 1.54) is 30.5 Å². The second-order valence-electron chi connectivity index (χ2n) is 7.36. The molecule has 4 rings (SSSR count). The van der Waals surface area contributed by atoms with Crippen LogP contribution in [-0.2, 0) is 16.6 Å². The number of rotatable bonds is 7. The van der Waals surface area contributed by atoms with E-state index in [0.717, 1.165) is 11.1 Å². The Labute approximate surface area is 196 Å². The molecule has 0 aliphatic carbocycles. The Hall–Kier alpha value is -3.49. The molecular weight excluding hydrogens is 463 g/mol. The summed E-state index contributed by atoms with van der Waals surface area (Å²) in [6.45, 7) is 1.98. The van der Waals surface area contributed by atoms with Crippen LogP contribution < -0.4 is 4.83 Å². The van der Waals surface area contributed by atoms with Gasteiger partial charge in [-0.2, -0.15) is 18.6 Å². The summed E-state index contributed by atoms with van der Waals surface area (Å²) < 4.78 is 40.8. The third-order valence-corrected chi connectivity index (χ3v) is 6.52. The summed E-state index contributed by atoms with van der Waals surface area (Å²) in [5.74, 6) is -0.430. The van der Waals surface area contributed by atoms with Crippen molar-refractivity contribution in [1.82, 2.24) is 14.6 Å². The van der Waals surface area contributed by atoms with Crippen molar-refractivity contribution in [2.75, 3.05) is 0 Å². The van der Waals surface area contributed by atoms with Crippen molar-refractivity contribution in [2.24, 2.45) is 5.10 Å². The first-order valence-electron chi connectivity index (χ1n) is 10.0. The summed E-state index contributed by atoms with van der Waals surface area (Å²) in [7, 11) is -3.82. The molecule has 0 aliphatic rings. The Morgan fingerprint density at radius 1 is 1.06 bits per heavy atom. The first kappa shape index (κ1) is 22.7. The highest BCUT2D eigenvalue weighted by molar-refractivity contribution is 7.89. The quantitative estimate of drug-likeness (QED) is 0.297. The molecule has 0 aliphatic heterocycles. The fraction of sp³-hybridized carbons (Fsp3) is 0.0833. The van der Waals surface area contributed by atoms with Gasteiger partial charge < -0.3 is 0 Å². The lowest BCUT2D eigenvalue weighted by atomic mass is 10.1. The molecule has 1 N–H and O–H groups in total. The Morgan fingerprint density at radius 3 is 2.48 bits per heavy atom. The van der Waals surface area contributed by atoms with Gasteiger partial charge in [-0.05, 0) is 31.2 Å². The zero-order valence-corrected chi connectivity index (χ0v) is 19.2. The zero-order valence-electron chi connectivity index (χ0n) is 17.6. The van der Waals surface area contributed by atoms with Crippen LogP contribution in [0.25, 0.3) is 11.3 Å². The summed E-state index contributed by atoms with van der Waals surface area (Å²) in [5.41, 5.74) is 3.19. The molecule has 9 heteroatoms. The van der Waals surface area contributed by atoms with Crippen LogP contribution in [-0.4, -0.2) is 24.4 Å². The summed E-state index contributed by atoms with van der Waals surface area (Å²) in [6.07, 6.45) is 3.04. The van der Waals surface area contributed by atoms with Crippen LogP contribution in [0.15, 0.2) is 89.0 Å². The van der Waals surface area contributed by atoms with E-state index < -0.39 is 15.8 Å². The number of nitrogens with one attached hydrogen (secondary N) is 1. The number of nitrogens with zero attached hydrogens (tertiary/aromatic N) is 3. The third-order valence-electron chi connectivity index (χ3n) is 4.93. The predicted octanol–water partition coefficient (Wildman–Crippen LogP) is 5.01. The molecule has 0 unspecified atom stereocenters. The van der Waals surface area contributed by atoms with Gasteiger partial charge in [0.25, 0.3) is 10.0 Å². The number of hydrogen-bond acceptors (Lipinski definition) is 4. The zero-order chi connectivity index (χ0) is 23.4. The average Bonchev–Trinajstić information content (AvgIpc) is 3.20. The lowest BCUT2D eigenvalue weighted by Gasteiger charge is -2.05. The van der Waals surface area contributed by atoms with Crippen molar-refractivity contribution in [2.45, 2.75) is 18.4 Å². The molecule has 0 spiro atoms. The number of aromatic nitrogens is 2. The molecule has 4 aromatic rings. The highest BCUT2D eigenvalue weighted by atomic mass is 35.5. The van der Waals surface area contributed by atoms with Crippen molar-refractivity contribution in [3.05, 3.63) is 107 Å². The van der Waals surface area contributed by atoms with E-state index in [2.05, 4.69) is 15.0 Å². The maximum atomic E-state index is 14.3. The van der Waals surface area contributed by atoms with E-state index in [9.17, 15) is 12.8 Å². The van der Waals surface area contributed by atoms with Crippen molar-refractivity contribution in [3.8, 4) is 11.3 Å².